The molecule has 2 heterocycles. The highest BCUT2D eigenvalue weighted by molar-refractivity contribution is 7.80. The summed E-state index contributed by atoms with van der Waals surface area (Å²) < 4.78 is 7.59. The number of hydrogen-bond donors (Lipinski definition) is 2. The molecule has 2 aromatic heterocycles. The third kappa shape index (κ3) is 5.40. The lowest BCUT2D eigenvalue weighted by Crippen LogP contribution is -2.34. The van der Waals surface area contributed by atoms with Gasteiger partial charge in [0.05, 0.1) is 0 Å². The van der Waals surface area contributed by atoms with Gasteiger partial charge in [-0.2, -0.15) is 9.61 Å². The first-order valence-electron chi connectivity index (χ1n) is 11.3. The maximum absolute atomic E-state index is 12.8. The van der Waals surface area contributed by atoms with Crippen LogP contribution in [-0.4, -0.2) is 30.8 Å². The van der Waals surface area contributed by atoms with Crippen LogP contribution in [0.3, 0.4) is 0 Å². The number of fused-ring (bicyclic) bond motifs is 1. The summed E-state index contributed by atoms with van der Waals surface area (Å²) in [4.78, 5) is 13.5. The average Bonchev–Trinajstić information content (AvgIpc) is 3.49. The van der Waals surface area contributed by atoms with Crippen molar-refractivity contribution in [2.24, 2.45) is 0 Å². The molecule has 0 aliphatic carbocycles. The number of hydrogen-bond acceptors (Lipinski definition) is 7. The molecule has 0 saturated carbocycles. The van der Waals surface area contributed by atoms with Gasteiger partial charge < -0.3 is 10.1 Å². The van der Waals surface area contributed by atoms with E-state index in [1.54, 1.807) is 22.7 Å². The maximum Gasteiger partial charge on any atom is 0.257 e. The minimum absolute atomic E-state index is 0.194. The van der Waals surface area contributed by atoms with Crippen LogP contribution in [0.2, 0.25) is 0 Å². The lowest BCUT2D eigenvalue weighted by Gasteiger charge is -2.11. The molecule has 0 saturated heterocycles. The van der Waals surface area contributed by atoms with Gasteiger partial charge >= 0.3 is 0 Å². The molecule has 180 valence electrons. The first-order valence-corrected chi connectivity index (χ1v) is 12.5. The fourth-order valence-electron chi connectivity index (χ4n) is 3.53. The second-order valence-corrected chi connectivity index (χ2v) is 9.23. The number of aryl methyl sites for hydroxylation is 1. The summed E-state index contributed by atoms with van der Waals surface area (Å²) in [5.41, 5.74) is 3.15. The summed E-state index contributed by atoms with van der Waals surface area (Å²) in [5, 5.41) is 19.8. The maximum atomic E-state index is 12.8. The first-order chi connectivity index (χ1) is 17.6. The number of aromatic nitrogens is 4. The second kappa shape index (κ2) is 10.6. The number of nitrogens with one attached hydrogen (secondary N) is 2. The van der Waals surface area contributed by atoms with E-state index < -0.39 is 0 Å². The van der Waals surface area contributed by atoms with Crippen LogP contribution < -0.4 is 15.4 Å². The van der Waals surface area contributed by atoms with E-state index in [9.17, 15) is 4.79 Å². The summed E-state index contributed by atoms with van der Waals surface area (Å²) in [6.07, 6.45) is 0.752. The number of amides is 1. The highest BCUT2D eigenvalue weighted by atomic mass is 32.1. The fraction of sp³-hybridized carbons (Fsp3) is 0.115. The van der Waals surface area contributed by atoms with Crippen molar-refractivity contribution in [3.63, 3.8) is 0 Å². The molecule has 0 radical (unpaired) electrons. The normalized spacial score (nSPS) is 10.8. The van der Waals surface area contributed by atoms with Gasteiger partial charge in [-0.15, -0.1) is 10.2 Å². The van der Waals surface area contributed by atoms with Crippen molar-refractivity contribution in [1.29, 1.82) is 0 Å². The van der Waals surface area contributed by atoms with Crippen LogP contribution in [0.25, 0.3) is 15.5 Å². The molecule has 0 aliphatic heterocycles. The van der Waals surface area contributed by atoms with Crippen LogP contribution in [0.4, 0.5) is 5.69 Å². The Hall–Kier alpha value is -4.15. The molecule has 0 spiro atoms. The smallest absolute Gasteiger partial charge is 0.257 e. The minimum Gasteiger partial charge on any atom is -0.489 e. The van der Waals surface area contributed by atoms with Gasteiger partial charge in [-0.3, -0.25) is 10.1 Å². The Morgan fingerprint density at radius 1 is 1.03 bits per heavy atom. The van der Waals surface area contributed by atoms with Crippen LogP contribution in [0.1, 0.15) is 28.7 Å². The number of anilines is 1. The second-order valence-electron chi connectivity index (χ2n) is 7.86. The molecule has 0 bridgehead atoms. The predicted molar refractivity (Wildman–Crippen MR) is 144 cm³/mol. The molecule has 10 heteroatoms. The number of rotatable bonds is 7. The van der Waals surface area contributed by atoms with Gasteiger partial charge in [0.25, 0.3) is 5.91 Å². The van der Waals surface area contributed by atoms with Crippen LogP contribution in [-0.2, 0) is 13.0 Å². The summed E-state index contributed by atoms with van der Waals surface area (Å²) in [6, 6.07) is 24.5. The van der Waals surface area contributed by atoms with Gasteiger partial charge in [0.2, 0.25) is 4.96 Å². The average molecular weight is 515 g/mol. The summed E-state index contributed by atoms with van der Waals surface area (Å²) in [7, 11) is 0. The van der Waals surface area contributed by atoms with Crippen molar-refractivity contribution in [3.8, 4) is 16.3 Å². The number of nitrogens with zero attached hydrogens (tertiary/aromatic N) is 4. The van der Waals surface area contributed by atoms with Crippen molar-refractivity contribution in [2.45, 2.75) is 20.0 Å². The highest BCUT2D eigenvalue weighted by Gasteiger charge is 2.13. The van der Waals surface area contributed by atoms with E-state index in [1.807, 2.05) is 67.6 Å². The molecular weight excluding hydrogens is 492 g/mol. The largest absolute Gasteiger partial charge is 0.489 e. The zero-order chi connectivity index (χ0) is 24.9. The number of benzene rings is 3. The van der Waals surface area contributed by atoms with Gasteiger partial charge in [0.15, 0.2) is 10.9 Å². The van der Waals surface area contributed by atoms with E-state index in [0.29, 0.717) is 17.9 Å². The first kappa shape index (κ1) is 23.6. The lowest BCUT2D eigenvalue weighted by atomic mass is 10.2. The van der Waals surface area contributed by atoms with E-state index in [4.69, 9.17) is 17.0 Å². The molecule has 5 rings (SSSR count). The summed E-state index contributed by atoms with van der Waals surface area (Å²) >= 11 is 6.84. The highest BCUT2D eigenvalue weighted by Crippen LogP contribution is 2.27. The Morgan fingerprint density at radius 3 is 2.69 bits per heavy atom. The molecule has 0 fully saturated rings. The summed E-state index contributed by atoms with van der Waals surface area (Å²) in [6.45, 7) is 2.44. The van der Waals surface area contributed by atoms with E-state index in [0.717, 1.165) is 39.0 Å². The van der Waals surface area contributed by atoms with E-state index in [2.05, 4.69) is 25.9 Å². The van der Waals surface area contributed by atoms with E-state index >= 15 is 0 Å². The van der Waals surface area contributed by atoms with Crippen molar-refractivity contribution >= 4 is 45.2 Å². The Balaban J connectivity index is 1.22. The molecular formula is C26H22N6O2S2. The fourth-order valence-corrected chi connectivity index (χ4v) is 4.60. The molecule has 5 aromatic rings. The van der Waals surface area contributed by atoms with Gasteiger partial charge in [0, 0.05) is 23.2 Å². The van der Waals surface area contributed by atoms with Crippen molar-refractivity contribution in [2.75, 3.05) is 5.32 Å². The van der Waals surface area contributed by atoms with Crippen molar-refractivity contribution in [3.05, 3.63) is 95.8 Å². The molecule has 2 N–H and O–H groups in total. The Morgan fingerprint density at radius 2 is 1.86 bits per heavy atom. The van der Waals surface area contributed by atoms with Crippen molar-refractivity contribution < 1.29 is 9.53 Å². The van der Waals surface area contributed by atoms with Gasteiger partial charge in [-0.25, -0.2) is 0 Å². The van der Waals surface area contributed by atoms with Gasteiger partial charge in [0.1, 0.15) is 17.4 Å². The Bertz CT molecular complexity index is 1530. The van der Waals surface area contributed by atoms with Crippen LogP contribution >= 0.6 is 23.6 Å². The molecule has 8 nitrogen and oxygen atoms in total. The van der Waals surface area contributed by atoms with Crippen molar-refractivity contribution in [1.82, 2.24) is 25.1 Å². The summed E-state index contributed by atoms with van der Waals surface area (Å²) in [5.74, 6) is 1.10. The van der Waals surface area contributed by atoms with E-state index in [-0.39, 0.29) is 11.0 Å². The molecule has 1 amide bonds. The molecule has 0 atom stereocenters. The molecule has 3 aromatic carbocycles. The van der Waals surface area contributed by atoms with Crippen LogP contribution in [0.5, 0.6) is 5.75 Å². The van der Waals surface area contributed by atoms with Gasteiger partial charge in [-0.05, 0) is 48.1 Å². The van der Waals surface area contributed by atoms with E-state index in [1.165, 1.54) is 11.3 Å². The monoisotopic (exact) mass is 514 g/mol. The van der Waals surface area contributed by atoms with Crippen LogP contribution in [0.15, 0.2) is 78.9 Å². The number of thiocarbonyl (C=S) groups is 1. The molecule has 0 aliphatic rings. The number of ether oxygens (including phenoxy) is 1. The minimum atomic E-state index is -0.324. The zero-order valence-corrected chi connectivity index (χ0v) is 21.0. The number of carbonyl (C=O) groups excluding carboxylic acids is 1. The Kier molecular flexibility index (Phi) is 6.96. The molecule has 0 unspecified atom stereocenters. The molecule has 36 heavy (non-hydrogen) atoms. The topological polar surface area (TPSA) is 93.4 Å². The quantitative estimate of drug-likeness (QED) is 0.291. The third-order valence-electron chi connectivity index (χ3n) is 5.31. The van der Waals surface area contributed by atoms with Gasteiger partial charge in [-0.1, -0.05) is 66.8 Å². The third-order valence-corrected chi connectivity index (χ3v) is 6.46. The number of carbonyl (C=O) groups is 1. The predicted octanol–water partition coefficient (Wildman–Crippen LogP) is 5.12. The standard InChI is InChI=1S/C26H22N6O2S2/c1-2-22-29-30-26-32(22)31-24(36-26)19-11-6-12-20(14-19)27-25(35)28-23(33)18-10-7-13-21(15-18)34-16-17-8-4-3-5-9-17/h3-15H,2,16H2,1H3,(H2,27,28,33,35). The zero-order valence-electron chi connectivity index (χ0n) is 19.3. The SMILES string of the molecule is CCc1nnc2sc(-c3cccc(NC(=S)NC(=O)c4cccc(OCc5ccccc5)c4)c3)nn12. The lowest BCUT2D eigenvalue weighted by molar-refractivity contribution is 0.0977. The Labute approximate surface area is 217 Å². The van der Waals surface area contributed by atoms with Crippen LogP contribution in [0, 0.1) is 0 Å².